The van der Waals surface area contributed by atoms with E-state index in [4.69, 9.17) is 11.6 Å². The van der Waals surface area contributed by atoms with Crippen molar-refractivity contribution in [1.29, 1.82) is 0 Å². The van der Waals surface area contributed by atoms with Crippen molar-refractivity contribution >= 4 is 38.6 Å². The van der Waals surface area contributed by atoms with Gasteiger partial charge in [0.2, 0.25) is 0 Å². The summed E-state index contributed by atoms with van der Waals surface area (Å²) in [5, 5.41) is 1.83. The zero-order chi connectivity index (χ0) is 14.2. The summed E-state index contributed by atoms with van der Waals surface area (Å²) < 4.78 is 28.7. The molecule has 5 nitrogen and oxygen atoms in total. The second kappa shape index (κ2) is 5.17. The Balaban J connectivity index is 1.98. The summed E-state index contributed by atoms with van der Waals surface area (Å²) in [6.45, 7) is 0.233. The standard InChI is InChI=1S/C12H10ClN3O2S2/c13-11-12(16-6-2-1-5-10(16)15-11)20(17,18)14-8-9-4-3-7-19-9/h1-7,14H,8H2. The van der Waals surface area contributed by atoms with Gasteiger partial charge in [-0.05, 0) is 23.6 Å². The van der Waals surface area contributed by atoms with Crippen LogP contribution in [0, 0.1) is 0 Å². The molecule has 8 heteroatoms. The molecule has 104 valence electrons. The summed E-state index contributed by atoms with van der Waals surface area (Å²) in [7, 11) is -3.73. The fourth-order valence-corrected chi connectivity index (χ4v) is 4.21. The van der Waals surface area contributed by atoms with E-state index in [0.717, 1.165) is 4.88 Å². The molecule has 0 fully saturated rings. The van der Waals surface area contributed by atoms with Gasteiger partial charge in [-0.15, -0.1) is 11.3 Å². The van der Waals surface area contributed by atoms with Crippen LogP contribution in [0.25, 0.3) is 5.65 Å². The predicted octanol–water partition coefficient (Wildman–Crippen LogP) is 2.53. The van der Waals surface area contributed by atoms with Crippen LogP contribution in [-0.4, -0.2) is 17.8 Å². The van der Waals surface area contributed by atoms with E-state index in [9.17, 15) is 8.42 Å². The van der Waals surface area contributed by atoms with E-state index >= 15 is 0 Å². The van der Waals surface area contributed by atoms with Gasteiger partial charge in [0.1, 0.15) is 5.65 Å². The van der Waals surface area contributed by atoms with Crippen molar-refractivity contribution in [3.8, 4) is 0 Å². The first-order valence-electron chi connectivity index (χ1n) is 5.72. The second-order valence-electron chi connectivity index (χ2n) is 4.04. The Kier molecular flexibility index (Phi) is 3.51. The maximum atomic E-state index is 12.4. The second-order valence-corrected chi connectivity index (χ2v) is 7.11. The molecule has 3 aromatic heterocycles. The third-order valence-corrected chi connectivity index (χ3v) is 5.39. The van der Waals surface area contributed by atoms with Gasteiger partial charge in [0.15, 0.2) is 10.2 Å². The number of fused-ring (bicyclic) bond motifs is 1. The van der Waals surface area contributed by atoms with E-state index < -0.39 is 10.0 Å². The number of halogens is 1. The molecule has 0 spiro atoms. The average molecular weight is 328 g/mol. The number of imidazole rings is 1. The van der Waals surface area contributed by atoms with Gasteiger partial charge in [0.25, 0.3) is 10.0 Å². The van der Waals surface area contributed by atoms with Gasteiger partial charge < -0.3 is 0 Å². The molecule has 1 N–H and O–H groups in total. The summed E-state index contributed by atoms with van der Waals surface area (Å²) in [4.78, 5) is 4.97. The van der Waals surface area contributed by atoms with Crippen LogP contribution in [0.3, 0.4) is 0 Å². The zero-order valence-electron chi connectivity index (χ0n) is 10.2. The van der Waals surface area contributed by atoms with Crippen LogP contribution >= 0.6 is 22.9 Å². The molecule has 3 rings (SSSR count). The number of aromatic nitrogens is 2. The highest BCUT2D eigenvalue weighted by molar-refractivity contribution is 7.89. The fraction of sp³-hybridized carbons (Fsp3) is 0.0833. The maximum Gasteiger partial charge on any atom is 0.260 e. The average Bonchev–Trinajstić information content (AvgIpc) is 3.02. The maximum absolute atomic E-state index is 12.4. The number of pyridine rings is 1. The molecule has 3 heterocycles. The van der Waals surface area contributed by atoms with Gasteiger partial charge in [-0.25, -0.2) is 18.1 Å². The minimum atomic E-state index is -3.73. The quantitative estimate of drug-likeness (QED) is 0.801. The Morgan fingerprint density at radius 3 is 2.90 bits per heavy atom. The molecule has 0 bridgehead atoms. The molecule has 0 atom stereocenters. The van der Waals surface area contributed by atoms with Gasteiger partial charge in [-0.3, -0.25) is 4.40 Å². The molecule has 3 aromatic rings. The Labute approximate surface area is 124 Å². The molecule has 0 saturated carbocycles. The van der Waals surface area contributed by atoms with Gasteiger partial charge in [0, 0.05) is 17.6 Å². The highest BCUT2D eigenvalue weighted by Crippen LogP contribution is 2.22. The molecule has 0 saturated heterocycles. The third kappa shape index (κ3) is 2.45. The van der Waals surface area contributed by atoms with E-state index in [-0.39, 0.29) is 16.7 Å². The number of hydrogen-bond acceptors (Lipinski definition) is 4. The first kappa shape index (κ1) is 13.6. The Morgan fingerprint density at radius 2 is 2.15 bits per heavy atom. The van der Waals surface area contributed by atoms with Crippen LogP contribution in [0.1, 0.15) is 4.88 Å². The Hall–Kier alpha value is -1.41. The van der Waals surface area contributed by atoms with E-state index in [0.29, 0.717) is 5.65 Å². The van der Waals surface area contributed by atoms with Crippen LogP contribution in [0.5, 0.6) is 0 Å². The van der Waals surface area contributed by atoms with Crippen LogP contribution in [0.15, 0.2) is 46.9 Å². The number of sulfonamides is 1. The van der Waals surface area contributed by atoms with Gasteiger partial charge in [-0.2, -0.15) is 0 Å². The monoisotopic (exact) mass is 327 g/mol. The largest absolute Gasteiger partial charge is 0.288 e. The SMILES string of the molecule is O=S(=O)(NCc1cccs1)c1c(Cl)nc2ccccn12. The van der Waals surface area contributed by atoms with Gasteiger partial charge in [-0.1, -0.05) is 23.7 Å². The summed E-state index contributed by atoms with van der Waals surface area (Å²) in [6, 6.07) is 8.93. The van der Waals surface area contributed by atoms with Gasteiger partial charge in [0.05, 0.1) is 0 Å². The highest BCUT2D eigenvalue weighted by Gasteiger charge is 2.23. The summed E-state index contributed by atoms with van der Waals surface area (Å²) in [5.41, 5.74) is 0.494. The summed E-state index contributed by atoms with van der Waals surface area (Å²) in [5.74, 6) is 0. The van der Waals surface area contributed by atoms with E-state index in [1.807, 2.05) is 17.5 Å². The number of hydrogen-bond donors (Lipinski definition) is 1. The fourth-order valence-electron chi connectivity index (χ4n) is 1.83. The first-order valence-corrected chi connectivity index (χ1v) is 8.46. The van der Waals surface area contributed by atoms with Crippen molar-refractivity contribution in [3.05, 3.63) is 51.9 Å². The number of nitrogens with one attached hydrogen (secondary N) is 1. The molecule has 0 radical (unpaired) electrons. The minimum Gasteiger partial charge on any atom is -0.288 e. The van der Waals surface area contributed by atoms with Crippen LogP contribution in [-0.2, 0) is 16.6 Å². The van der Waals surface area contributed by atoms with Crippen molar-refractivity contribution in [2.75, 3.05) is 0 Å². The normalized spacial score (nSPS) is 12.1. The van der Waals surface area contributed by atoms with Crippen molar-refractivity contribution in [2.45, 2.75) is 11.6 Å². The molecule has 0 aliphatic carbocycles. The molecule has 0 amide bonds. The highest BCUT2D eigenvalue weighted by atomic mass is 35.5. The smallest absolute Gasteiger partial charge is 0.260 e. The van der Waals surface area contributed by atoms with Crippen LogP contribution in [0.2, 0.25) is 5.15 Å². The number of rotatable bonds is 4. The lowest BCUT2D eigenvalue weighted by Crippen LogP contribution is -2.24. The lowest BCUT2D eigenvalue weighted by molar-refractivity contribution is 0.577. The minimum absolute atomic E-state index is 0.0325. The molecule has 0 aliphatic rings. The Morgan fingerprint density at radius 1 is 1.30 bits per heavy atom. The summed E-state index contributed by atoms with van der Waals surface area (Å²) in [6.07, 6.45) is 1.62. The third-order valence-electron chi connectivity index (χ3n) is 2.72. The van der Waals surface area contributed by atoms with Gasteiger partial charge >= 0.3 is 0 Å². The van der Waals surface area contributed by atoms with E-state index in [1.54, 1.807) is 24.4 Å². The van der Waals surface area contributed by atoms with Crippen LogP contribution in [0.4, 0.5) is 0 Å². The van der Waals surface area contributed by atoms with Crippen molar-refractivity contribution in [2.24, 2.45) is 0 Å². The van der Waals surface area contributed by atoms with Crippen molar-refractivity contribution in [3.63, 3.8) is 0 Å². The molecule has 20 heavy (non-hydrogen) atoms. The Bertz CT molecular complexity index is 841. The molecular weight excluding hydrogens is 318 g/mol. The first-order chi connectivity index (χ1) is 9.58. The molecule has 0 unspecified atom stereocenters. The lowest BCUT2D eigenvalue weighted by Gasteiger charge is -2.05. The molecular formula is C12H10ClN3O2S2. The van der Waals surface area contributed by atoms with Crippen molar-refractivity contribution in [1.82, 2.24) is 14.1 Å². The van der Waals surface area contributed by atoms with E-state index in [2.05, 4.69) is 9.71 Å². The van der Waals surface area contributed by atoms with Crippen molar-refractivity contribution < 1.29 is 8.42 Å². The predicted molar refractivity (Wildman–Crippen MR) is 78.5 cm³/mol. The van der Waals surface area contributed by atoms with Crippen LogP contribution < -0.4 is 4.72 Å². The number of nitrogens with zero attached hydrogens (tertiary/aromatic N) is 2. The topological polar surface area (TPSA) is 63.5 Å². The number of thiophene rings is 1. The lowest BCUT2D eigenvalue weighted by atomic mass is 10.5. The molecule has 0 aromatic carbocycles. The summed E-state index contributed by atoms with van der Waals surface area (Å²) >= 11 is 7.45. The zero-order valence-corrected chi connectivity index (χ0v) is 12.5. The van der Waals surface area contributed by atoms with E-state index in [1.165, 1.54) is 15.7 Å². The molecule has 0 aliphatic heterocycles.